The van der Waals surface area contributed by atoms with E-state index in [1.54, 1.807) is 6.92 Å². The van der Waals surface area contributed by atoms with Crippen molar-refractivity contribution in [1.82, 2.24) is 0 Å². The molecule has 0 aromatic carbocycles. The third-order valence-electron chi connectivity index (χ3n) is 1.22. The number of hydrogen-bond acceptors (Lipinski definition) is 4. The van der Waals surface area contributed by atoms with Crippen molar-refractivity contribution in [3.63, 3.8) is 0 Å². The van der Waals surface area contributed by atoms with E-state index in [9.17, 15) is 9.59 Å². The second kappa shape index (κ2) is 7.91. The van der Waals surface area contributed by atoms with Gasteiger partial charge in [0.2, 0.25) is 5.91 Å². The molecule has 0 atom stereocenters. The molecule has 1 amide bonds. The Labute approximate surface area is 82.2 Å². The first-order valence-corrected chi connectivity index (χ1v) is 5.34. The van der Waals surface area contributed by atoms with E-state index in [4.69, 9.17) is 10.5 Å². The molecule has 0 aromatic rings. The molecule has 0 saturated heterocycles. The molecule has 2 N–H and O–H groups in total. The average Bonchev–Trinajstić information content (AvgIpc) is 2.03. The lowest BCUT2D eigenvalue weighted by atomic mass is 10.3. The molecule has 13 heavy (non-hydrogen) atoms. The minimum absolute atomic E-state index is 0.179. The quantitative estimate of drug-likeness (QED) is 0.486. The highest BCUT2D eigenvalue weighted by molar-refractivity contribution is 7.99. The summed E-state index contributed by atoms with van der Waals surface area (Å²) in [5.74, 6) is 0.591. The first kappa shape index (κ1) is 12.3. The molecule has 0 unspecified atom stereocenters. The first-order chi connectivity index (χ1) is 6.16. The van der Waals surface area contributed by atoms with Crippen LogP contribution >= 0.6 is 11.8 Å². The highest BCUT2D eigenvalue weighted by Gasteiger charge is 2.01. The maximum Gasteiger partial charge on any atom is 0.305 e. The highest BCUT2D eigenvalue weighted by Crippen LogP contribution is 2.04. The zero-order chi connectivity index (χ0) is 10.1. The molecule has 0 aliphatic heterocycles. The van der Waals surface area contributed by atoms with Crippen molar-refractivity contribution >= 4 is 23.6 Å². The van der Waals surface area contributed by atoms with Crippen molar-refractivity contribution in [2.45, 2.75) is 19.8 Å². The van der Waals surface area contributed by atoms with Crippen LogP contribution in [0.15, 0.2) is 0 Å². The number of carbonyl (C=O) groups is 2. The Bertz CT molecular complexity index is 173. The van der Waals surface area contributed by atoms with Crippen LogP contribution in [0.2, 0.25) is 0 Å². The molecule has 4 nitrogen and oxygen atoms in total. The van der Waals surface area contributed by atoms with E-state index in [1.165, 1.54) is 11.8 Å². The summed E-state index contributed by atoms with van der Waals surface area (Å²) in [6, 6.07) is 0. The van der Waals surface area contributed by atoms with Crippen LogP contribution in [0.25, 0.3) is 0 Å². The second-order valence-corrected chi connectivity index (χ2v) is 3.53. The summed E-state index contributed by atoms with van der Waals surface area (Å²) < 4.78 is 4.73. The highest BCUT2D eigenvalue weighted by atomic mass is 32.2. The van der Waals surface area contributed by atoms with Crippen molar-refractivity contribution in [3.8, 4) is 0 Å². The van der Waals surface area contributed by atoms with E-state index in [2.05, 4.69) is 0 Å². The van der Waals surface area contributed by atoms with E-state index in [-0.39, 0.29) is 11.9 Å². The molecule has 0 aliphatic rings. The Balaban J connectivity index is 3.16. The van der Waals surface area contributed by atoms with Gasteiger partial charge in [0.05, 0.1) is 12.4 Å². The maximum absolute atomic E-state index is 10.8. The van der Waals surface area contributed by atoms with Gasteiger partial charge in [-0.2, -0.15) is 11.8 Å². The van der Waals surface area contributed by atoms with Crippen molar-refractivity contribution in [2.24, 2.45) is 5.73 Å². The van der Waals surface area contributed by atoms with E-state index < -0.39 is 0 Å². The molecule has 0 spiro atoms. The van der Waals surface area contributed by atoms with Gasteiger partial charge in [0, 0.05) is 6.42 Å². The monoisotopic (exact) mass is 205 g/mol. The third kappa shape index (κ3) is 9.20. The van der Waals surface area contributed by atoms with Crippen LogP contribution in [0.1, 0.15) is 19.8 Å². The number of carbonyl (C=O) groups excluding carboxylic acids is 2. The number of amides is 1. The van der Waals surface area contributed by atoms with E-state index in [0.29, 0.717) is 18.8 Å². The van der Waals surface area contributed by atoms with Gasteiger partial charge < -0.3 is 10.5 Å². The molecule has 0 radical (unpaired) electrons. The Hall–Kier alpha value is -0.710. The summed E-state index contributed by atoms with van der Waals surface area (Å²) in [6.45, 7) is 2.20. The molecule has 0 saturated carbocycles. The predicted molar refractivity (Wildman–Crippen MR) is 52.4 cm³/mol. The number of rotatable bonds is 7. The van der Waals surface area contributed by atoms with Crippen molar-refractivity contribution in [1.29, 1.82) is 0 Å². The number of hydrogen-bond donors (Lipinski definition) is 1. The van der Waals surface area contributed by atoms with E-state index in [0.717, 1.165) is 12.2 Å². The van der Waals surface area contributed by atoms with Crippen LogP contribution in [-0.4, -0.2) is 30.0 Å². The smallest absolute Gasteiger partial charge is 0.305 e. The lowest BCUT2D eigenvalue weighted by Crippen LogP contribution is -2.13. The van der Waals surface area contributed by atoms with Crippen molar-refractivity contribution in [2.75, 3.05) is 18.1 Å². The molecule has 0 aliphatic carbocycles. The van der Waals surface area contributed by atoms with Crippen molar-refractivity contribution in [3.05, 3.63) is 0 Å². The van der Waals surface area contributed by atoms with E-state index in [1.807, 2.05) is 0 Å². The van der Waals surface area contributed by atoms with Gasteiger partial charge in [-0.25, -0.2) is 0 Å². The first-order valence-electron chi connectivity index (χ1n) is 4.18. The number of nitrogens with two attached hydrogens (primary N) is 1. The number of primary amides is 1. The van der Waals surface area contributed by atoms with Gasteiger partial charge >= 0.3 is 5.97 Å². The average molecular weight is 205 g/mol. The van der Waals surface area contributed by atoms with Crippen LogP contribution in [0.5, 0.6) is 0 Å². The van der Waals surface area contributed by atoms with Gasteiger partial charge in [-0.05, 0) is 19.1 Å². The van der Waals surface area contributed by atoms with E-state index >= 15 is 0 Å². The van der Waals surface area contributed by atoms with Crippen LogP contribution in [0, 0.1) is 0 Å². The maximum atomic E-state index is 10.8. The topological polar surface area (TPSA) is 69.4 Å². The largest absolute Gasteiger partial charge is 0.466 e. The Morgan fingerprint density at radius 2 is 2.15 bits per heavy atom. The second-order valence-electron chi connectivity index (χ2n) is 2.43. The zero-order valence-corrected chi connectivity index (χ0v) is 8.56. The summed E-state index contributed by atoms with van der Waals surface area (Å²) >= 11 is 1.44. The third-order valence-corrected chi connectivity index (χ3v) is 2.29. The van der Waals surface area contributed by atoms with Gasteiger partial charge in [0.1, 0.15) is 0 Å². The lowest BCUT2D eigenvalue weighted by Gasteiger charge is -2.00. The molecule has 76 valence electrons. The van der Waals surface area contributed by atoms with Crippen LogP contribution in [0.3, 0.4) is 0 Å². The minimum Gasteiger partial charge on any atom is -0.466 e. The summed E-state index contributed by atoms with van der Waals surface area (Å²) in [4.78, 5) is 21.1. The van der Waals surface area contributed by atoms with Gasteiger partial charge in [-0.1, -0.05) is 0 Å². The molecule has 0 heterocycles. The summed E-state index contributed by atoms with van der Waals surface area (Å²) in [7, 11) is 0. The Morgan fingerprint density at radius 1 is 1.46 bits per heavy atom. The molecule has 0 bridgehead atoms. The molecule has 0 fully saturated rings. The number of thioether (sulfide) groups is 1. The Morgan fingerprint density at radius 3 is 2.69 bits per heavy atom. The zero-order valence-electron chi connectivity index (χ0n) is 7.75. The molecular formula is C8H15NO3S. The van der Waals surface area contributed by atoms with Crippen molar-refractivity contribution < 1.29 is 14.3 Å². The molecule has 0 rings (SSSR count). The fourth-order valence-electron chi connectivity index (χ4n) is 0.724. The van der Waals surface area contributed by atoms with Gasteiger partial charge in [0.25, 0.3) is 0 Å². The number of ether oxygens (including phenoxy) is 1. The summed E-state index contributed by atoms with van der Waals surface area (Å²) in [5.41, 5.74) is 4.93. The SMILES string of the molecule is CCOC(=O)CCCSCC(N)=O. The predicted octanol–water partition coefficient (Wildman–Crippen LogP) is 0.548. The van der Waals surface area contributed by atoms with Crippen LogP contribution in [-0.2, 0) is 14.3 Å². The van der Waals surface area contributed by atoms with Gasteiger partial charge in [0.15, 0.2) is 0 Å². The molecule has 5 heteroatoms. The van der Waals surface area contributed by atoms with Crippen LogP contribution < -0.4 is 5.73 Å². The summed E-state index contributed by atoms with van der Waals surface area (Å²) in [5, 5.41) is 0. The summed E-state index contributed by atoms with van der Waals surface area (Å²) in [6.07, 6.45) is 1.15. The fourth-order valence-corrected chi connectivity index (χ4v) is 1.42. The molecular weight excluding hydrogens is 190 g/mol. The standard InChI is InChI=1S/C8H15NO3S/c1-2-12-8(11)4-3-5-13-6-7(9)10/h2-6H2,1H3,(H2,9,10). The van der Waals surface area contributed by atoms with Crippen LogP contribution in [0.4, 0.5) is 0 Å². The normalized spacial score (nSPS) is 9.62. The molecule has 0 aromatic heterocycles. The Kier molecular flexibility index (Phi) is 7.48. The minimum atomic E-state index is -0.318. The lowest BCUT2D eigenvalue weighted by molar-refractivity contribution is -0.143. The van der Waals surface area contributed by atoms with Gasteiger partial charge in [-0.15, -0.1) is 0 Å². The fraction of sp³-hybridized carbons (Fsp3) is 0.750. The van der Waals surface area contributed by atoms with Gasteiger partial charge in [-0.3, -0.25) is 9.59 Å². The number of esters is 1.